The molecule has 0 fully saturated rings. The molecule has 1 N–H and O–H groups in total. The van der Waals surface area contributed by atoms with Crippen LogP contribution in [0.1, 0.15) is 33.7 Å². The number of aryl methyl sites for hydroxylation is 1. The zero-order valence-electron chi connectivity index (χ0n) is 10.5. The van der Waals surface area contributed by atoms with Crippen molar-refractivity contribution in [2.45, 2.75) is 26.2 Å². The van der Waals surface area contributed by atoms with E-state index >= 15 is 0 Å². The summed E-state index contributed by atoms with van der Waals surface area (Å²) in [6.07, 6.45) is 2.63. The highest BCUT2D eigenvalue weighted by Gasteiger charge is 2.26. The van der Waals surface area contributed by atoms with Gasteiger partial charge in [-0.15, -0.1) is 0 Å². The van der Waals surface area contributed by atoms with Crippen molar-refractivity contribution in [3.8, 4) is 5.69 Å². The summed E-state index contributed by atoms with van der Waals surface area (Å²) in [6.45, 7) is 1.93. The number of rotatable bonds is 2. The van der Waals surface area contributed by atoms with Crippen molar-refractivity contribution in [1.82, 2.24) is 9.78 Å². The van der Waals surface area contributed by atoms with Crippen LogP contribution in [0.15, 0.2) is 18.2 Å². The molecule has 1 aromatic heterocycles. The Balaban J connectivity index is 2.18. The summed E-state index contributed by atoms with van der Waals surface area (Å²) in [5.74, 6) is -0.963. The van der Waals surface area contributed by atoms with Crippen LogP contribution in [-0.4, -0.2) is 20.9 Å². The van der Waals surface area contributed by atoms with E-state index in [1.807, 2.05) is 25.1 Å². The first-order valence-corrected chi connectivity index (χ1v) is 6.56. The molecule has 0 saturated carbocycles. The molecule has 0 spiro atoms. The highest BCUT2D eigenvalue weighted by atomic mass is 35.5. The lowest BCUT2D eigenvalue weighted by Crippen LogP contribution is -2.04. The standard InChI is InChI=1S/C14H13ClN2O2/c1-8-5-6-9(7-11(8)15)17-12-4-2-3-10(12)13(16-17)14(18)19/h5-7H,2-4H2,1H3,(H,18,19). The van der Waals surface area contributed by atoms with Crippen molar-refractivity contribution in [2.75, 3.05) is 0 Å². The maximum Gasteiger partial charge on any atom is 0.356 e. The van der Waals surface area contributed by atoms with Crippen LogP contribution in [0.25, 0.3) is 5.69 Å². The highest BCUT2D eigenvalue weighted by molar-refractivity contribution is 6.31. The van der Waals surface area contributed by atoms with Gasteiger partial charge < -0.3 is 5.11 Å². The quantitative estimate of drug-likeness (QED) is 0.917. The van der Waals surface area contributed by atoms with Crippen LogP contribution in [0.5, 0.6) is 0 Å². The van der Waals surface area contributed by atoms with Gasteiger partial charge in [0.15, 0.2) is 5.69 Å². The molecular formula is C14H13ClN2O2. The van der Waals surface area contributed by atoms with Crippen LogP contribution in [-0.2, 0) is 12.8 Å². The molecular weight excluding hydrogens is 264 g/mol. The zero-order valence-corrected chi connectivity index (χ0v) is 11.2. The Bertz CT molecular complexity index is 676. The van der Waals surface area contributed by atoms with E-state index in [1.165, 1.54) is 0 Å². The lowest BCUT2D eigenvalue weighted by molar-refractivity contribution is 0.0689. The number of hydrogen-bond donors (Lipinski definition) is 1. The van der Waals surface area contributed by atoms with Gasteiger partial charge in [0.25, 0.3) is 0 Å². The van der Waals surface area contributed by atoms with E-state index in [0.717, 1.165) is 41.8 Å². The van der Waals surface area contributed by atoms with Gasteiger partial charge in [-0.25, -0.2) is 9.48 Å². The number of carboxylic acid groups (broad SMARTS) is 1. The summed E-state index contributed by atoms with van der Waals surface area (Å²) in [6, 6.07) is 5.66. The van der Waals surface area contributed by atoms with Crippen LogP contribution >= 0.6 is 11.6 Å². The average molecular weight is 277 g/mol. The molecule has 4 nitrogen and oxygen atoms in total. The average Bonchev–Trinajstić information content (AvgIpc) is 2.93. The Morgan fingerprint density at radius 2 is 2.21 bits per heavy atom. The monoisotopic (exact) mass is 276 g/mol. The van der Waals surface area contributed by atoms with Gasteiger partial charge in [0.05, 0.1) is 5.69 Å². The van der Waals surface area contributed by atoms with Gasteiger partial charge in [0.1, 0.15) is 0 Å². The molecule has 0 saturated heterocycles. The molecule has 1 aliphatic rings. The van der Waals surface area contributed by atoms with Crippen molar-refractivity contribution >= 4 is 17.6 Å². The molecule has 0 amide bonds. The van der Waals surface area contributed by atoms with E-state index in [-0.39, 0.29) is 5.69 Å². The fourth-order valence-electron chi connectivity index (χ4n) is 2.54. The van der Waals surface area contributed by atoms with Crippen LogP contribution < -0.4 is 0 Å². The first-order chi connectivity index (χ1) is 9.08. The fourth-order valence-corrected chi connectivity index (χ4v) is 2.71. The van der Waals surface area contributed by atoms with E-state index in [2.05, 4.69) is 5.10 Å². The molecule has 0 aliphatic heterocycles. The topological polar surface area (TPSA) is 55.1 Å². The number of fused-ring (bicyclic) bond motifs is 1. The Hall–Kier alpha value is -1.81. The molecule has 0 radical (unpaired) electrons. The third-order valence-electron chi connectivity index (χ3n) is 3.53. The summed E-state index contributed by atoms with van der Waals surface area (Å²) in [5.41, 5.74) is 3.85. The Morgan fingerprint density at radius 3 is 2.89 bits per heavy atom. The minimum atomic E-state index is -0.963. The number of benzene rings is 1. The molecule has 1 aromatic carbocycles. The predicted molar refractivity (Wildman–Crippen MR) is 72.3 cm³/mol. The molecule has 0 bridgehead atoms. The van der Waals surface area contributed by atoms with Gasteiger partial charge >= 0.3 is 5.97 Å². The summed E-state index contributed by atoms with van der Waals surface area (Å²) >= 11 is 6.13. The van der Waals surface area contributed by atoms with Gasteiger partial charge in [-0.05, 0) is 43.9 Å². The second kappa shape index (κ2) is 4.38. The number of aromatic nitrogens is 2. The first kappa shape index (κ1) is 12.2. The van der Waals surface area contributed by atoms with E-state index in [9.17, 15) is 9.90 Å². The maximum atomic E-state index is 11.2. The van der Waals surface area contributed by atoms with Crippen molar-refractivity contribution in [2.24, 2.45) is 0 Å². The molecule has 2 aromatic rings. The molecule has 1 aliphatic carbocycles. The largest absolute Gasteiger partial charge is 0.476 e. The number of carbonyl (C=O) groups is 1. The van der Waals surface area contributed by atoms with Crippen molar-refractivity contribution < 1.29 is 9.90 Å². The number of hydrogen-bond acceptors (Lipinski definition) is 2. The van der Waals surface area contributed by atoms with Crippen molar-refractivity contribution in [3.63, 3.8) is 0 Å². The molecule has 19 heavy (non-hydrogen) atoms. The minimum absolute atomic E-state index is 0.171. The number of nitrogens with zero attached hydrogens (tertiary/aromatic N) is 2. The molecule has 3 rings (SSSR count). The minimum Gasteiger partial charge on any atom is -0.476 e. The Labute approximate surface area is 115 Å². The van der Waals surface area contributed by atoms with Gasteiger partial charge in [0, 0.05) is 16.3 Å². The normalized spacial score (nSPS) is 13.6. The zero-order chi connectivity index (χ0) is 13.6. The van der Waals surface area contributed by atoms with Gasteiger partial charge in [-0.3, -0.25) is 0 Å². The fraction of sp³-hybridized carbons (Fsp3) is 0.286. The molecule has 1 heterocycles. The molecule has 0 atom stereocenters. The summed E-state index contributed by atoms with van der Waals surface area (Å²) in [7, 11) is 0. The van der Waals surface area contributed by atoms with Gasteiger partial charge in [0.2, 0.25) is 0 Å². The lowest BCUT2D eigenvalue weighted by Gasteiger charge is -2.07. The lowest BCUT2D eigenvalue weighted by atomic mass is 10.2. The predicted octanol–water partition coefficient (Wildman–Crippen LogP) is 3.02. The smallest absolute Gasteiger partial charge is 0.356 e. The Kier molecular flexibility index (Phi) is 2.82. The Morgan fingerprint density at radius 1 is 1.42 bits per heavy atom. The molecule has 98 valence electrons. The summed E-state index contributed by atoms with van der Waals surface area (Å²) < 4.78 is 1.72. The van der Waals surface area contributed by atoms with E-state index < -0.39 is 5.97 Å². The maximum absolute atomic E-state index is 11.2. The number of carboxylic acids is 1. The summed E-state index contributed by atoms with van der Waals surface area (Å²) in [5, 5.41) is 14.1. The third kappa shape index (κ3) is 1.92. The van der Waals surface area contributed by atoms with Crippen molar-refractivity contribution in [1.29, 1.82) is 0 Å². The third-order valence-corrected chi connectivity index (χ3v) is 3.94. The second-order valence-electron chi connectivity index (χ2n) is 4.78. The van der Waals surface area contributed by atoms with Crippen LogP contribution in [0, 0.1) is 6.92 Å². The van der Waals surface area contributed by atoms with Gasteiger partial charge in [-0.1, -0.05) is 17.7 Å². The van der Waals surface area contributed by atoms with Gasteiger partial charge in [-0.2, -0.15) is 5.10 Å². The van der Waals surface area contributed by atoms with Crippen LogP contribution in [0.4, 0.5) is 0 Å². The molecule has 5 heteroatoms. The second-order valence-corrected chi connectivity index (χ2v) is 5.19. The SMILES string of the molecule is Cc1ccc(-n2nc(C(=O)O)c3c2CCC3)cc1Cl. The van der Waals surface area contributed by atoms with Crippen LogP contribution in [0.3, 0.4) is 0 Å². The van der Waals surface area contributed by atoms with E-state index in [1.54, 1.807) is 4.68 Å². The number of halogens is 1. The number of aromatic carboxylic acids is 1. The highest BCUT2D eigenvalue weighted by Crippen LogP contribution is 2.29. The van der Waals surface area contributed by atoms with Crippen LogP contribution in [0.2, 0.25) is 5.02 Å². The molecule has 0 unspecified atom stereocenters. The van der Waals surface area contributed by atoms with E-state index in [4.69, 9.17) is 11.6 Å². The van der Waals surface area contributed by atoms with Crippen molar-refractivity contribution in [3.05, 3.63) is 45.7 Å². The van der Waals surface area contributed by atoms with E-state index in [0.29, 0.717) is 5.02 Å². The summed E-state index contributed by atoms with van der Waals surface area (Å²) in [4.78, 5) is 11.2. The first-order valence-electron chi connectivity index (χ1n) is 6.18.